The highest BCUT2D eigenvalue weighted by Crippen LogP contribution is 1.98. The fourth-order valence-corrected chi connectivity index (χ4v) is 0.722. The van der Waals surface area contributed by atoms with Gasteiger partial charge >= 0.3 is 5.97 Å². The molecule has 0 saturated heterocycles. The van der Waals surface area contributed by atoms with Gasteiger partial charge in [-0.15, -0.1) is 0 Å². The summed E-state index contributed by atoms with van der Waals surface area (Å²) in [5.41, 5.74) is 0. The third-order valence-corrected chi connectivity index (χ3v) is 1.53. The molecule has 0 fully saturated rings. The summed E-state index contributed by atoms with van der Waals surface area (Å²) in [6.07, 6.45) is 0. The number of esters is 1. The predicted octanol–water partition coefficient (Wildman–Crippen LogP) is -0.223. The zero-order valence-corrected chi connectivity index (χ0v) is 7.90. The van der Waals surface area contributed by atoms with Crippen LogP contribution in [0.3, 0.4) is 0 Å². The van der Waals surface area contributed by atoms with E-state index in [0.717, 1.165) is 0 Å². The fraction of sp³-hybridized carbons (Fsp3) is 0.625. The van der Waals surface area contributed by atoms with Crippen molar-refractivity contribution in [3.05, 3.63) is 0 Å². The van der Waals surface area contributed by atoms with E-state index in [1.807, 2.05) is 0 Å². The van der Waals surface area contributed by atoms with Crippen molar-refractivity contribution in [2.24, 2.45) is 5.92 Å². The van der Waals surface area contributed by atoms with E-state index in [2.05, 4.69) is 4.74 Å². The number of hydrogen-bond donors (Lipinski definition) is 0. The Morgan fingerprint density at radius 1 is 1.62 bits per heavy atom. The number of methoxy groups -OCH3 is 1. The SMILES string of the molecule is COC(=O)CN(C)C(=O)C(C)C#N. The number of carbonyl (C=O) groups is 2. The summed E-state index contributed by atoms with van der Waals surface area (Å²) in [4.78, 5) is 23.1. The smallest absolute Gasteiger partial charge is 0.325 e. The van der Waals surface area contributed by atoms with Crippen molar-refractivity contribution in [1.29, 1.82) is 5.26 Å². The Bertz CT molecular complexity index is 244. The quantitative estimate of drug-likeness (QED) is 0.568. The van der Waals surface area contributed by atoms with E-state index in [0.29, 0.717) is 0 Å². The molecule has 0 aliphatic rings. The highest BCUT2D eigenvalue weighted by molar-refractivity contribution is 5.84. The molecule has 0 aromatic carbocycles. The monoisotopic (exact) mass is 184 g/mol. The lowest BCUT2D eigenvalue weighted by Crippen LogP contribution is -2.35. The van der Waals surface area contributed by atoms with Crippen molar-refractivity contribution in [2.45, 2.75) is 6.92 Å². The lowest BCUT2D eigenvalue weighted by atomic mass is 10.2. The van der Waals surface area contributed by atoms with Crippen LogP contribution in [0.2, 0.25) is 0 Å². The van der Waals surface area contributed by atoms with Gasteiger partial charge in [0.05, 0.1) is 13.2 Å². The second kappa shape index (κ2) is 5.14. The van der Waals surface area contributed by atoms with Crippen molar-refractivity contribution in [3.63, 3.8) is 0 Å². The van der Waals surface area contributed by atoms with Crippen LogP contribution in [0.25, 0.3) is 0 Å². The number of carbonyl (C=O) groups excluding carboxylic acids is 2. The molecular formula is C8H12N2O3. The van der Waals surface area contributed by atoms with E-state index in [1.54, 1.807) is 6.07 Å². The van der Waals surface area contributed by atoms with Gasteiger partial charge in [0.25, 0.3) is 0 Å². The molecule has 5 nitrogen and oxygen atoms in total. The second-order valence-corrected chi connectivity index (χ2v) is 2.62. The standard InChI is InChI=1S/C8H12N2O3/c1-6(4-9)8(12)10(2)5-7(11)13-3/h6H,5H2,1-3H3. The largest absolute Gasteiger partial charge is 0.468 e. The number of amides is 1. The lowest BCUT2D eigenvalue weighted by Gasteiger charge is -2.16. The van der Waals surface area contributed by atoms with Gasteiger partial charge in [-0.1, -0.05) is 0 Å². The molecule has 1 unspecified atom stereocenters. The van der Waals surface area contributed by atoms with Gasteiger partial charge in [0.2, 0.25) is 5.91 Å². The molecule has 0 heterocycles. The molecular weight excluding hydrogens is 172 g/mol. The Morgan fingerprint density at radius 2 is 2.15 bits per heavy atom. The third-order valence-electron chi connectivity index (χ3n) is 1.53. The van der Waals surface area contributed by atoms with Crippen LogP contribution in [0.15, 0.2) is 0 Å². The number of hydrogen-bond acceptors (Lipinski definition) is 4. The van der Waals surface area contributed by atoms with Crippen molar-refractivity contribution >= 4 is 11.9 Å². The molecule has 0 aliphatic heterocycles. The molecule has 0 aromatic heterocycles. The summed E-state index contributed by atoms with van der Waals surface area (Å²) in [7, 11) is 2.70. The molecule has 0 bridgehead atoms. The zero-order chi connectivity index (χ0) is 10.4. The van der Waals surface area contributed by atoms with Gasteiger partial charge in [-0.25, -0.2) is 0 Å². The first kappa shape index (κ1) is 11.4. The highest BCUT2D eigenvalue weighted by atomic mass is 16.5. The lowest BCUT2D eigenvalue weighted by molar-refractivity contribution is -0.146. The van der Waals surface area contributed by atoms with Gasteiger partial charge in [0.15, 0.2) is 0 Å². The molecule has 0 N–H and O–H groups in total. The summed E-state index contributed by atoms with van der Waals surface area (Å²) in [5.74, 6) is -1.61. The first-order chi connectivity index (χ1) is 6.02. The van der Waals surface area contributed by atoms with Gasteiger partial charge in [0.1, 0.15) is 12.5 Å². The Labute approximate surface area is 76.9 Å². The van der Waals surface area contributed by atoms with Gasteiger partial charge in [0, 0.05) is 7.05 Å². The predicted molar refractivity (Wildman–Crippen MR) is 44.4 cm³/mol. The molecule has 72 valence electrons. The van der Waals surface area contributed by atoms with Gasteiger partial charge < -0.3 is 9.64 Å². The van der Waals surface area contributed by atoms with E-state index in [1.165, 1.54) is 26.0 Å². The van der Waals surface area contributed by atoms with Crippen LogP contribution in [0, 0.1) is 17.2 Å². The number of likely N-dealkylation sites (N-methyl/N-ethyl adjacent to an activating group) is 1. The summed E-state index contributed by atoms with van der Waals surface area (Å²) in [6, 6.07) is 1.79. The number of ether oxygens (including phenoxy) is 1. The average molecular weight is 184 g/mol. The van der Waals surface area contributed by atoms with Crippen LogP contribution in [0.1, 0.15) is 6.92 Å². The van der Waals surface area contributed by atoms with E-state index in [9.17, 15) is 9.59 Å². The molecule has 0 radical (unpaired) electrons. The molecule has 0 aliphatic carbocycles. The first-order valence-electron chi connectivity index (χ1n) is 3.74. The Balaban J connectivity index is 4.13. The van der Waals surface area contributed by atoms with Crippen molar-refractivity contribution in [3.8, 4) is 6.07 Å². The number of nitriles is 1. The second-order valence-electron chi connectivity index (χ2n) is 2.62. The normalized spacial score (nSPS) is 11.2. The minimum absolute atomic E-state index is 0.124. The third kappa shape index (κ3) is 3.56. The molecule has 1 atom stereocenters. The van der Waals surface area contributed by atoms with Crippen molar-refractivity contribution in [1.82, 2.24) is 4.90 Å². The number of rotatable bonds is 3. The minimum Gasteiger partial charge on any atom is -0.468 e. The van der Waals surface area contributed by atoms with Crippen LogP contribution in [-0.4, -0.2) is 37.5 Å². The molecule has 0 spiro atoms. The Kier molecular flexibility index (Phi) is 4.52. The van der Waals surface area contributed by atoms with E-state index >= 15 is 0 Å². The molecule has 0 rings (SSSR count). The van der Waals surface area contributed by atoms with Gasteiger partial charge in [-0.2, -0.15) is 5.26 Å². The average Bonchev–Trinajstić information content (AvgIpc) is 2.14. The molecule has 0 aromatic rings. The van der Waals surface area contributed by atoms with E-state index in [4.69, 9.17) is 5.26 Å². The summed E-state index contributed by atoms with van der Waals surface area (Å²) < 4.78 is 4.37. The first-order valence-corrected chi connectivity index (χ1v) is 3.74. The highest BCUT2D eigenvalue weighted by Gasteiger charge is 2.18. The topological polar surface area (TPSA) is 70.4 Å². The van der Waals surface area contributed by atoms with Crippen LogP contribution in [-0.2, 0) is 14.3 Å². The number of nitrogens with zero attached hydrogens (tertiary/aromatic N) is 2. The van der Waals surface area contributed by atoms with Crippen molar-refractivity contribution in [2.75, 3.05) is 20.7 Å². The zero-order valence-electron chi connectivity index (χ0n) is 7.90. The maximum absolute atomic E-state index is 11.2. The summed E-state index contributed by atoms with van der Waals surface area (Å²) in [6.45, 7) is 1.36. The van der Waals surface area contributed by atoms with Crippen molar-refractivity contribution < 1.29 is 14.3 Å². The Hall–Kier alpha value is -1.57. The molecule has 0 saturated carbocycles. The summed E-state index contributed by atoms with van der Waals surface area (Å²) in [5, 5.41) is 8.43. The molecule has 1 amide bonds. The van der Waals surface area contributed by atoms with Gasteiger partial charge in [-0.3, -0.25) is 9.59 Å². The minimum atomic E-state index is -0.727. The fourth-order valence-electron chi connectivity index (χ4n) is 0.722. The molecule has 5 heteroatoms. The summed E-state index contributed by atoms with van der Waals surface area (Å²) >= 11 is 0. The van der Waals surface area contributed by atoms with Crippen LogP contribution >= 0.6 is 0 Å². The van der Waals surface area contributed by atoms with E-state index < -0.39 is 11.9 Å². The maximum atomic E-state index is 11.2. The van der Waals surface area contributed by atoms with Crippen LogP contribution < -0.4 is 0 Å². The molecule has 13 heavy (non-hydrogen) atoms. The Morgan fingerprint density at radius 3 is 2.54 bits per heavy atom. The maximum Gasteiger partial charge on any atom is 0.325 e. The van der Waals surface area contributed by atoms with Crippen LogP contribution in [0.5, 0.6) is 0 Å². The van der Waals surface area contributed by atoms with E-state index in [-0.39, 0.29) is 12.5 Å². The van der Waals surface area contributed by atoms with Crippen LogP contribution in [0.4, 0.5) is 0 Å². The van der Waals surface area contributed by atoms with Gasteiger partial charge in [-0.05, 0) is 6.92 Å².